The van der Waals surface area contributed by atoms with Gasteiger partial charge < -0.3 is 0 Å². The molecule has 9 heteroatoms. The Morgan fingerprint density at radius 2 is 1.85 bits per heavy atom. The summed E-state index contributed by atoms with van der Waals surface area (Å²) >= 11 is 9.43. The standard InChI is InChI=1S/C25H30ClF3IN3S/c1-18-16-33(34)30(24-10-9-20(15-22(24)26)11-12-25(27,28)29)23-8-4-3-7-21(23)17-32(18)19(2)31-13-5-6-14-31/h3-4,7-10,15,18,34H,2,5-6,11-14,16-17H2,1H3/t18-/m0/s1. The Labute approximate surface area is 218 Å². The summed E-state index contributed by atoms with van der Waals surface area (Å²) < 4.78 is 42.4. The van der Waals surface area contributed by atoms with Gasteiger partial charge in [0.2, 0.25) is 0 Å². The molecule has 0 N–H and O–H groups in total. The number of likely N-dealkylation sites (tertiary alicyclic amines) is 1. The molecule has 0 saturated carbocycles. The van der Waals surface area contributed by atoms with E-state index in [-0.39, 0.29) is 12.5 Å². The zero-order valence-electron chi connectivity index (χ0n) is 19.2. The molecular weight excluding hydrogens is 594 g/mol. The van der Waals surface area contributed by atoms with Gasteiger partial charge in [-0.15, -0.1) is 0 Å². The van der Waals surface area contributed by atoms with Crippen molar-refractivity contribution in [3.05, 3.63) is 78.2 Å². The second-order valence-electron chi connectivity index (χ2n) is 8.82. The molecule has 2 aromatic carbocycles. The van der Waals surface area contributed by atoms with Crippen LogP contribution in [-0.4, -0.2) is 44.2 Å². The zero-order valence-corrected chi connectivity index (χ0v) is 23.0. The Hall–Kier alpha value is -1.10. The van der Waals surface area contributed by atoms with Gasteiger partial charge in [0, 0.05) is 0 Å². The van der Waals surface area contributed by atoms with Crippen molar-refractivity contribution in [2.45, 2.75) is 51.4 Å². The van der Waals surface area contributed by atoms with Gasteiger partial charge >= 0.3 is 219 Å². The molecule has 1 atom stereocenters. The molecule has 2 aromatic rings. The molecule has 1 saturated heterocycles. The molecule has 3 nitrogen and oxygen atoms in total. The number of benzene rings is 2. The molecule has 1 fully saturated rings. The van der Waals surface area contributed by atoms with Crippen molar-refractivity contribution in [1.29, 1.82) is 0 Å². The molecule has 0 aliphatic carbocycles. The first-order valence-electron chi connectivity index (χ1n) is 11.4. The second kappa shape index (κ2) is 10.9. The summed E-state index contributed by atoms with van der Waals surface area (Å²) in [6.07, 6.45) is -2.69. The van der Waals surface area contributed by atoms with Crippen molar-refractivity contribution in [1.82, 2.24) is 12.3 Å². The quantitative estimate of drug-likeness (QED) is 0.214. The molecule has 0 aromatic heterocycles. The average molecular weight is 624 g/mol. The summed E-state index contributed by atoms with van der Waals surface area (Å²) in [6, 6.07) is 14.0. The van der Waals surface area contributed by atoms with Gasteiger partial charge in [-0.2, -0.15) is 0 Å². The van der Waals surface area contributed by atoms with Gasteiger partial charge in [0.05, 0.1) is 0 Å². The van der Waals surface area contributed by atoms with E-state index in [0.29, 0.717) is 10.6 Å². The average Bonchev–Trinajstić information content (AvgIpc) is 3.31. The van der Waals surface area contributed by atoms with E-state index in [2.05, 4.69) is 44.0 Å². The zero-order chi connectivity index (χ0) is 24.5. The molecule has 186 valence electrons. The predicted octanol–water partition coefficient (Wildman–Crippen LogP) is 7.21. The van der Waals surface area contributed by atoms with Crippen LogP contribution >= 0.6 is 44.5 Å². The van der Waals surface area contributed by atoms with Gasteiger partial charge in [0.15, 0.2) is 0 Å². The Morgan fingerprint density at radius 3 is 2.53 bits per heavy atom. The van der Waals surface area contributed by atoms with Gasteiger partial charge in [-0.05, 0) is 0 Å². The first kappa shape index (κ1) is 26.0. The van der Waals surface area contributed by atoms with E-state index in [9.17, 15) is 13.2 Å². The molecule has 0 bridgehead atoms. The maximum atomic E-state index is 12.7. The van der Waals surface area contributed by atoms with E-state index in [0.717, 1.165) is 35.6 Å². The number of nitrogens with zero attached hydrogens (tertiary/aromatic N) is 3. The number of fused-ring (bicyclic) bond motifs is 1. The molecule has 0 unspecified atom stereocenters. The third-order valence-electron chi connectivity index (χ3n) is 6.31. The number of hydrogen-bond acceptors (Lipinski definition) is 4. The van der Waals surface area contributed by atoms with E-state index in [4.69, 9.17) is 24.4 Å². The van der Waals surface area contributed by atoms with Gasteiger partial charge in [0.25, 0.3) is 0 Å². The van der Waals surface area contributed by atoms with Gasteiger partial charge in [-0.1, -0.05) is 0 Å². The topological polar surface area (TPSA) is 9.72 Å². The van der Waals surface area contributed by atoms with Gasteiger partial charge in [0.1, 0.15) is 0 Å². The number of hydrogen-bond donors (Lipinski definition) is 1. The van der Waals surface area contributed by atoms with Crippen LogP contribution in [0.15, 0.2) is 54.9 Å². The molecular formula is C25H30ClF3IN3S. The minimum absolute atomic E-state index is 0.0660. The SMILES string of the molecule is C=C(N1CCCC1)N1Cc2ccccc2I(c2ccc(CCC(F)(F)F)cc2Cl)N(S)C[C@@H]1C. The molecule has 2 aliphatic heterocycles. The van der Waals surface area contributed by atoms with Crippen molar-refractivity contribution < 1.29 is 13.2 Å². The van der Waals surface area contributed by atoms with Crippen molar-refractivity contribution in [3.63, 3.8) is 0 Å². The van der Waals surface area contributed by atoms with Crippen LogP contribution in [0.4, 0.5) is 13.2 Å². The fourth-order valence-electron chi connectivity index (χ4n) is 4.48. The first-order valence-corrected chi connectivity index (χ1v) is 15.3. The van der Waals surface area contributed by atoms with E-state index in [1.54, 1.807) is 12.1 Å². The summed E-state index contributed by atoms with van der Waals surface area (Å²) in [6.45, 7) is 10.2. The molecule has 2 aliphatic rings. The van der Waals surface area contributed by atoms with Crippen molar-refractivity contribution >= 4 is 44.5 Å². The van der Waals surface area contributed by atoms with Crippen LogP contribution in [0.1, 0.15) is 37.3 Å². The van der Waals surface area contributed by atoms with E-state index in [1.807, 2.05) is 12.1 Å². The van der Waals surface area contributed by atoms with Crippen LogP contribution in [-0.2, 0) is 13.0 Å². The normalized spacial score (nSPS) is 20.8. The van der Waals surface area contributed by atoms with E-state index < -0.39 is 32.7 Å². The van der Waals surface area contributed by atoms with Crippen LogP contribution in [0.25, 0.3) is 0 Å². The Kier molecular flexibility index (Phi) is 8.32. The van der Waals surface area contributed by atoms with Crippen molar-refractivity contribution in [2.24, 2.45) is 0 Å². The number of thiol groups is 1. The third kappa shape index (κ3) is 5.99. The fraction of sp³-hybridized carbons (Fsp3) is 0.440. The van der Waals surface area contributed by atoms with Gasteiger partial charge in [-0.25, -0.2) is 0 Å². The number of aryl methyl sites for hydroxylation is 1. The van der Waals surface area contributed by atoms with Crippen molar-refractivity contribution in [3.8, 4) is 0 Å². The number of alkyl halides is 3. The Balaban J connectivity index is 1.66. The first-order chi connectivity index (χ1) is 16.1. The Morgan fingerprint density at radius 1 is 1.15 bits per heavy atom. The molecule has 0 amide bonds. The molecule has 0 radical (unpaired) electrons. The fourth-order valence-corrected chi connectivity index (χ4v) is 12.0. The Bertz CT molecular complexity index is 1030. The molecule has 4 rings (SSSR count). The summed E-state index contributed by atoms with van der Waals surface area (Å²) in [5.41, 5.74) is 1.84. The van der Waals surface area contributed by atoms with Crippen molar-refractivity contribution in [2.75, 3.05) is 19.6 Å². The van der Waals surface area contributed by atoms with Crippen LogP contribution in [0.5, 0.6) is 0 Å². The van der Waals surface area contributed by atoms with Crippen LogP contribution < -0.4 is 0 Å². The molecule has 0 spiro atoms. The number of rotatable bonds is 5. The van der Waals surface area contributed by atoms with Crippen LogP contribution in [0.3, 0.4) is 0 Å². The molecule has 34 heavy (non-hydrogen) atoms. The third-order valence-corrected chi connectivity index (χ3v) is 13.8. The number of halogens is 5. The summed E-state index contributed by atoms with van der Waals surface area (Å²) in [5, 5.41) is 0.533. The summed E-state index contributed by atoms with van der Waals surface area (Å²) in [7, 11) is 0. The van der Waals surface area contributed by atoms with E-state index >= 15 is 0 Å². The monoisotopic (exact) mass is 623 g/mol. The second-order valence-corrected chi connectivity index (χ2v) is 15.5. The van der Waals surface area contributed by atoms with Gasteiger partial charge in [-0.3, -0.25) is 0 Å². The maximum absolute atomic E-state index is 12.7. The minimum atomic E-state index is -4.18. The summed E-state index contributed by atoms with van der Waals surface area (Å²) in [4.78, 5) is 4.75. The summed E-state index contributed by atoms with van der Waals surface area (Å²) in [5.74, 6) is 1.07. The van der Waals surface area contributed by atoms with Crippen LogP contribution in [0.2, 0.25) is 5.02 Å². The van der Waals surface area contributed by atoms with Crippen LogP contribution in [0, 0.1) is 7.14 Å². The van der Waals surface area contributed by atoms with E-state index in [1.165, 1.54) is 22.0 Å². The predicted molar refractivity (Wildman–Crippen MR) is 144 cm³/mol. The molecule has 2 heterocycles.